The van der Waals surface area contributed by atoms with E-state index in [1.807, 2.05) is 0 Å². The van der Waals surface area contributed by atoms with E-state index in [1.165, 1.54) is 0 Å². The molecule has 0 radical (unpaired) electrons. The summed E-state index contributed by atoms with van der Waals surface area (Å²) in [5.74, 6) is -2.74. The maximum absolute atomic E-state index is 13.2. The Hall–Kier alpha value is -1.77. The molecule has 118 valence electrons. The van der Waals surface area contributed by atoms with Crippen LogP contribution in [0.2, 0.25) is 0 Å². The Bertz CT molecular complexity index is 462. The van der Waals surface area contributed by atoms with Crippen LogP contribution in [0.4, 0.5) is 26.3 Å². The number of hydrogen-bond donors (Lipinski definition) is 0. The molecule has 0 aromatic heterocycles. The van der Waals surface area contributed by atoms with Crippen molar-refractivity contribution in [1.82, 2.24) is 0 Å². The molecule has 1 atom stereocenters. The van der Waals surface area contributed by atoms with Gasteiger partial charge in [-0.25, -0.2) is 18.0 Å². The van der Waals surface area contributed by atoms with Gasteiger partial charge in [0.05, 0.1) is 6.61 Å². The third-order valence-electron chi connectivity index (χ3n) is 2.40. The molecular weight excluding hydrogens is 306 g/mol. The number of rotatable bonds is 6. The zero-order valence-corrected chi connectivity index (χ0v) is 10.4. The summed E-state index contributed by atoms with van der Waals surface area (Å²) < 4.78 is 82.5. The first-order chi connectivity index (χ1) is 9.69. The summed E-state index contributed by atoms with van der Waals surface area (Å²) in [5.41, 5.74) is -4.77. The van der Waals surface area contributed by atoms with Crippen molar-refractivity contribution in [1.29, 1.82) is 0 Å². The molecule has 0 amide bonds. The summed E-state index contributed by atoms with van der Waals surface area (Å²) in [7, 11) is 0. The maximum Gasteiger partial charge on any atom is 0.439 e. The van der Waals surface area contributed by atoms with Crippen LogP contribution >= 0.6 is 0 Å². The minimum atomic E-state index is -6.09. The number of hydrogen-bond acceptors (Lipinski definition) is 3. The Morgan fingerprint density at radius 1 is 1.10 bits per heavy atom. The zero-order valence-electron chi connectivity index (χ0n) is 10.4. The van der Waals surface area contributed by atoms with Gasteiger partial charge in [0.25, 0.3) is 6.43 Å². The van der Waals surface area contributed by atoms with Gasteiger partial charge >= 0.3 is 17.8 Å². The SMILES string of the molecule is O=C(OCOCc1ccccc1)C(F)(C(F)F)C(F)(F)F. The van der Waals surface area contributed by atoms with Crippen LogP contribution in [0.5, 0.6) is 0 Å². The fourth-order valence-electron chi connectivity index (χ4n) is 1.26. The van der Waals surface area contributed by atoms with Gasteiger partial charge in [-0.2, -0.15) is 13.2 Å². The standard InChI is InChI=1S/C12H10F6O3/c13-9(14)11(15,12(16,17)18)10(19)21-7-20-6-8-4-2-1-3-5-8/h1-5,9H,6-7H2. The zero-order chi connectivity index (χ0) is 16.1. The second-order valence-corrected chi connectivity index (χ2v) is 3.89. The number of ether oxygens (including phenoxy) is 2. The molecule has 21 heavy (non-hydrogen) atoms. The van der Waals surface area contributed by atoms with E-state index in [-0.39, 0.29) is 6.61 Å². The Morgan fingerprint density at radius 2 is 1.67 bits per heavy atom. The molecule has 0 aliphatic carbocycles. The van der Waals surface area contributed by atoms with Gasteiger partial charge in [0.2, 0.25) is 0 Å². The van der Waals surface area contributed by atoms with Crippen LogP contribution in [0.3, 0.4) is 0 Å². The van der Waals surface area contributed by atoms with Crippen molar-refractivity contribution < 1.29 is 40.6 Å². The van der Waals surface area contributed by atoms with E-state index < -0.39 is 31.0 Å². The highest BCUT2D eigenvalue weighted by atomic mass is 19.4. The quantitative estimate of drug-likeness (QED) is 0.350. The molecule has 0 aliphatic heterocycles. The van der Waals surface area contributed by atoms with Gasteiger partial charge in [0.15, 0.2) is 6.79 Å². The summed E-state index contributed by atoms with van der Waals surface area (Å²) in [5, 5.41) is 0. The lowest BCUT2D eigenvalue weighted by molar-refractivity contribution is -0.271. The maximum atomic E-state index is 13.2. The fraction of sp³-hybridized carbons (Fsp3) is 0.417. The van der Waals surface area contributed by atoms with Crippen molar-refractivity contribution in [3.63, 3.8) is 0 Å². The molecule has 0 N–H and O–H groups in total. The van der Waals surface area contributed by atoms with Crippen LogP contribution in [0.15, 0.2) is 30.3 Å². The molecule has 0 spiro atoms. The van der Waals surface area contributed by atoms with Gasteiger partial charge in [-0.3, -0.25) is 0 Å². The first kappa shape index (κ1) is 17.3. The van der Waals surface area contributed by atoms with Gasteiger partial charge < -0.3 is 9.47 Å². The van der Waals surface area contributed by atoms with Crippen molar-refractivity contribution in [2.24, 2.45) is 0 Å². The third-order valence-corrected chi connectivity index (χ3v) is 2.40. The Kier molecular flexibility index (Phi) is 5.59. The molecular formula is C12H10F6O3. The van der Waals surface area contributed by atoms with Crippen LogP contribution in [0.25, 0.3) is 0 Å². The minimum absolute atomic E-state index is 0.145. The van der Waals surface area contributed by atoms with Crippen molar-refractivity contribution in [2.75, 3.05) is 6.79 Å². The summed E-state index contributed by atoms with van der Waals surface area (Å²) >= 11 is 0. The lowest BCUT2D eigenvalue weighted by Gasteiger charge is -2.24. The predicted molar refractivity (Wildman–Crippen MR) is 58.1 cm³/mol. The molecule has 0 heterocycles. The molecule has 9 heteroatoms. The van der Waals surface area contributed by atoms with Crippen LogP contribution < -0.4 is 0 Å². The van der Waals surface area contributed by atoms with E-state index in [0.29, 0.717) is 5.56 Å². The van der Waals surface area contributed by atoms with Gasteiger partial charge in [-0.1, -0.05) is 30.3 Å². The van der Waals surface area contributed by atoms with E-state index in [4.69, 9.17) is 0 Å². The highest BCUT2D eigenvalue weighted by Crippen LogP contribution is 2.39. The highest BCUT2D eigenvalue weighted by Gasteiger charge is 2.69. The van der Waals surface area contributed by atoms with E-state index in [1.54, 1.807) is 30.3 Å². The predicted octanol–water partition coefficient (Wildman–Crippen LogP) is 3.24. The number of halogens is 6. The molecule has 0 saturated heterocycles. The van der Waals surface area contributed by atoms with Crippen LogP contribution in [-0.2, 0) is 20.9 Å². The van der Waals surface area contributed by atoms with Gasteiger partial charge in [-0.15, -0.1) is 0 Å². The normalized spacial score (nSPS) is 14.8. The molecule has 1 aromatic rings. The van der Waals surface area contributed by atoms with Crippen LogP contribution in [0.1, 0.15) is 5.56 Å². The fourth-order valence-corrected chi connectivity index (χ4v) is 1.26. The van der Waals surface area contributed by atoms with E-state index in [2.05, 4.69) is 9.47 Å². The number of carbonyl (C=O) groups excluding carboxylic acids is 1. The molecule has 0 aliphatic rings. The second kappa shape index (κ2) is 6.79. The molecule has 3 nitrogen and oxygen atoms in total. The number of benzene rings is 1. The number of esters is 1. The summed E-state index contributed by atoms with van der Waals surface area (Å²) in [6.45, 7) is -1.23. The van der Waals surface area contributed by atoms with Crippen molar-refractivity contribution in [2.45, 2.75) is 24.9 Å². The van der Waals surface area contributed by atoms with E-state index in [0.717, 1.165) is 0 Å². The number of carbonyl (C=O) groups is 1. The first-order valence-corrected chi connectivity index (χ1v) is 5.52. The molecule has 1 aromatic carbocycles. The van der Waals surface area contributed by atoms with Crippen molar-refractivity contribution in [3.8, 4) is 0 Å². The van der Waals surface area contributed by atoms with Crippen LogP contribution in [0, 0.1) is 0 Å². The molecule has 0 bridgehead atoms. The summed E-state index contributed by atoms with van der Waals surface area (Å²) in [4.78, 5) is 10.9. The Balaban J connectivity index is 2.52. The Morgan fingerprint density at radius 3 is 2.14 bits per heavy atom. The monoisotopic (exact) mass is 316 g/mol. The molecule has 1 rings (SSSR count). The lowest BCUT2D eigenvalue weighted by atomic mass is 10.1. The largest absolute Gasteiger partial charge is 0.439 e. The Labute approximate surface area is 115 Å². The van der Waals surface area contributed by atoms with Crippen molar-refractivity contribution >= 4 is 5.97 Å². The third kappa shape index (κ3) is 4.10. The highest BCUT2D eigenvalue weighted by molar-refractivity contribution is 5.81. The smallest absolute Gasteiger partial charge is 0.436 e. The van der Waals surface area contributed by atoms with Crippen LogP contribution in [-0.4, -0.2) is 31.0 Å². The topological polar surface area (TPSA) is 35.5 Å². The summed E-state index contributed by atoms with van der Waals surface area (Å²) in [6, 6.07) is 8.22. The molecule has 0 saturated carbocycles. The lowest BCUT2D eigenvalue weighted by Crippen LogP contribution is -2.54. The van der Waals surface area contributed by atoms with Crippen molar-refractivity contribution in [3.05, 3.63) is 35.9 Å². The molecule has 1 unspecified atom stereocenters. The average Bonchev–Trinajstić information content (AvgIpc) is 2.42. The van der Waals surface area contributed by atoms with Gasteiger partial charge in [0, 0.05) is 0 Å². The number of alkyl halides is 6. The average molecular weight is 316 g/mol. The first-order valence-electron chi connectivity index (χ1n) is 5.52. The second-order valence-electron chi connectivity index (χ2n) is 3.89. The molecule has 0 fully saturated rings. The van der Waals surface area contributed by atoms with Gasteiger partial charge in [-0.05, 0) is 5.56 Å². The minimum Gasteiger partial charge on any atom is -0.436 e. The van der Waals surface area contributed by atoms with Gasteiger partial charge in [0.1, 0.15) is 0 Å². The summed E-state index contributed by atoms with van der Waals surface area (Å²) in [6.07, 6.45) is -10.7. The van der Waals surface area contributed by atoms with E-state index >= 15 is 0 Å². The van der Waals surface area contributed by atoms with E-state index in [9.17, 15) is 31.1 Å².